The summed E-state index contributed by atoms with van der Waals surface area (Å²) in [6.07, 6.45) is 13.6. The number of carbonyl (C=O) groups is 3. The van der Waals surface area contributed by atoms with Crippen LogP contribution < -0.4 is 11.5 Å². The fourth-order valence-corrected chi connectivity index (χ4v) is 10.6. The van der Waals surface area contributed by atoms with Crippen LogP contribution in [0, 0.1) is 0 Å². The Morgan fingerprint density at radius 2 is 1.38 bits per heavy atom. The first-order chi connectivity index (χ1) is 30.6. The van der Waals surface area contributed by atoms with E-state index in [-0.39, 0.29) is 41.7 Å². The lowest BCUT2D eigenvalue weighted by atomic mass is 9.94. The van der Waals surface area contributed by atoms with Gasteiger partial charge >= 0.3 is 0 Å². The highest BCUT2D eigenvalue weighted by atomic mass is 16.5. The normalized spacial score (nSPS) is 21.3. The van der Waals surface area contributed by atoms with Crippen LogP contribution in [0.3, 0.4) is 0 Å². The molecule has 4 fully saturated rings. The number of aromatic nitrogens is 8. The minimum atomic E-state index is -0.210. The van der Waals surface area contributed by atoms with Gasteiger partial charge in [0.15, 0.2) is 0 Å². The van der Waals surface area contributed by atoms with Crippen molar-refractivity contribution in [2.24, 2.45) is 7.05 Å². The Kier molecular flexibility index (Phi) is 10.3. The summed E-state index contributed by atoms with van der Waals surface area (Å²) >= 11 is 0. The van der Waals surface area contributed by atoms with Crippen molar-refractivity contribution in [3.63, 3.8) is 0 Å². The predicted molar refractivity (Wildman–Crippen MR) is 238 cm³/mol. The van der Waals surface area contributed by atoms with E-state index in [9.17, 15) is 14.4 Å². The molecule has 0 bridgehead atoms. The van der Waals surface area contributed by atoms with E-state index in [2.05, 4.69) is 37.2 Å². The molecular formula is C46H51N13O4. The molecule has 4 aliphatic rings. The van der Waals surface area contributed by atoms with Crippen LogP contribution in [-0.2, 0) is 27.9 Å². The number of hydrogen-bond acceptors (Lipinski definition) is 11. The molecule has 17 nitrogen and oxygen atoms in total. The van der Waals surface area contributed by atoms with Crippen molar-refractivity contribution in [3.05, 3.63) is 91.6 Å². The van der Waals surface area contributed by atoms with E-state index in [1.165, 1.54) is 24.8 Å². The Morgan fingerprint density at radius 1 is 0.778 bits per heavy atom. The molecule has 63 heavy (non-hydrogen) atoms. The summed E-state index contributed by atoms with van der Waals surface area (Å²) in [4.78, 5) is 62.6. The number of anilines is 2. The summed E-state index contributed by atoms with van der Waals surface area (Å²) in [5.41, 5.74) is 21.0. The Bertz CT molecular complexity index is 2800. The molecule has 1 aromatic carbocycles. The SMILES string of the molecule is C=CC(=O)N1CCC(c2c(-c3cnn(C4COC(Cn5c(C6CCN(C(=O)C=C)C6)c(-c6ccc(C(=O)N7CCCC7)cc6)c6c(N)ncnc65)C4)c3)c3c(N)ncnc3n2C)C1. The lowest BCUT2D eigenvalue weighted by Crippen LogP contribution is -2.27. The van der Waals surface area contributed by atoms with Crippen LogP contribution in [0.15, 0.2) is 74.6 Å². The number of rotatable bonds is 10. The van der Waals surface area contributed by atoms with Gasteiger partial charge in [0.05, 0.1) is 42.3 Å². The Morgan fingerprint density at radius 3 is 2.03 bits per heavy atom. The minimum Gasteiger partial charge on any atom is -0.383 e. The zero-order valence-electron chi connectivity index (χ0n) is 35.4. The zero-order valence-corrected chi connectivity index (χ0v) is 35.4. The predicted octanol–water partition coefficient (Wildman–Crippen LogP) is 4.68. The second kappa shape index (κ2) is 16.1. The second-order valence-corrected chi connectivity index (χ2v) is 17.2. The smallest absolute Gasteiger partial charge is 0.253 e. The Balaban J connectivity index is 0.979. The van der Waals surface area contributed by atoms with E-state index in [1.807, 2.05) is 63.1 Å². The van der Waals surface area contributed by atoms with Gasteiger partial charge in [0.1, 0.15) is 35.6 Å². The third-order valence-corrected chi connectivity index (χ3v) is 13.6. The average Bonchev–Trinajstić information content (AvgIpc) is 4.16. The molecule has 324 valence electrons. The summed E-state index contributed by atoms with van der Waals surface area (Å²) < 4.78 is 12.9. The molecule has 17 heteroatoms. The molecule has 0 saturated carbocycles. The summed E-state index contributed by atoms with van der Waals surface area (Å²) in [5, 5.41) is 6.40. The summed E-state index contributed by atoms with van der Waals surface area (Å²) in [7, 11) is 1.99. The van der Waals surface area contributed by atoms with Gasteiger partial charge in [-0.1, -0.05) is 25.3 Å². The standard InChI is InChI=1S/C46H51N13O4/c1-4-34(60)56-16-12-29(20-56)40-37(38-42(47)49-25-51-44(38)54(40)3)31-19-53-59(22-31)32-18-33(63-24-32)23-58-41(30-13-17-57(21-30)35(61)5-2)36(39-43(48)50-26-52-45(39)58)27-8-10-28(11-9-27)46(62)55-14-6-7-15-55/h4-5,8-11,19,22,25-26,29-30,32-33H,1-2,6-7,12-18,20-21,23-24H2,3H3,(H2,47,49,51)(H2,48,50,52). The van der Waals surface area contributed by atoms with Gasteiger partial charge in [-0.05, 0) is 62.0 Å². The molecule has 0 radical (unpaired) electrons. The highest BCUT2D eigenvalue weighted by Gasteiger charge is 2.37. The monoisotopic (exact) mass is 849 g/mol. The number of ether oxygens (including phenoxy) is 1. The van der Waals surface area contributed by atoms with E-state index in [4.69, 9.17) is 26.3 Å². The van der Waals surface area contributed by atoms with Crippen LogP contribution in [0.4, 0.5) is 11.6 Å². The number of nitrogens with zero attached hydrogens (tertiary/aromatic N) is 11. The molecule has 3 amide bonds. The lowest BCUT2D eigenvalue weighted by molar-refractivity contribution is -0.125. The van der Waals surface area contributed by atoms with E-state index >= 15 is 0 Å². The molecule has 6 aromatic rings. The van der Waals surface area contributed by atoms with Gasteiger partial charge < -0.3 is 40.0 Å². The van der Waals surface area contributed by atoms with E-state index in [1.54, 1.807) is 0 Å². The van der Waals surface area contributed by atoms with Gasteiger partial charge in [-0.2, -0.15) is 5.10 Å². The van der Waals surface area contributed by atoms with E-state index < -0.39 is 0 Å². The van der Waals surface area contributed by atoms with Crippen LogP contribution in [0.5, 0.6) is 0 Å². The summed E-state index contributed by atoms with van der Waals surface area (Å²) in [6, 6.07) is 7.69. The van der Waals surface area contributed by atoms with Crippen molar-refractivity contribution in [2.75, 3.05) is 57.3 Å². The number of hydrogen-bond donors (Lipinski definition) is 2. The minimum absolute atomic E-state index is 0.0361. The van der Waals surface area contributed by atoms with Crippen molar-refractivity contribution >= 4 is 51.4 Å². The van der Waals surface area contributed by atoms with Crippen molar-refractivity contribution < 1.29 is 19.1 Å². The molecule has 4 N–H and O–H groups in total. The summed E-state index contributed by atoms with van der Waals surface area (Å²) in [6.45, 7) is 12.2. The number of nitrogen functional groups attached to an aromatic ring is 2. The third-order valence-electron chi connectivity index (χ3n) is 13.6. The molecular weight excluding hydrogens is 799 g/mol. The van der Waals surface area contributed by atoms with Crippen LogP contribution in [-0.4, -0.2) is 123 Å². The molecule has 9 heterocycles. The Hall–Kier alpha value is -6.88. The molecule has 0 aliphatic carbocycles. The van der Waals surface area contributed by atoms with Crippen LogP contribution in [0.1, 0.15) is 71.7 Å². The highest BCUT2D eigenvalue weighted by molar-refractivity contribution is 6.04. The fraction of sp³-hybridized carbons (Fsp3) is 0.391. The first kappa shape index (κ1) is 40.2. The Labute approximate surface area is 364 Å². The van der Waals surface area contributed by atoms with Gasteiger partial charge in [-0.25, -0.2) is 19.9 Å². The van der Waals surface area contributed by atoms with Crippen LogP contribution in [0.25, 0.3) is 44.3 Å². The van der Waals surface area contributed by atoms with Crippen molar-refractivity contribution in [3.8, 4) is 22.3 Å². The topological polar surface area (TPSA) is 201 Å². The maximum atomic E-state index is 13.3. The molecule has 4 atom stereocenters. The maximum Gasteiger partial charge on any atom is 0.253 e. The lowest BCUT2D eigenvalue weighted by Gasteiger charge is -2.21. The number of nitrogens with two attached hydrogens (primary N) is 2. The highest BCUT2D eigenvalue weighted by Crippen LogP contribution is 2.45. The molecule has 4 saturated heterocycles. The van der Waals surface area contributed by atoms with Gasteiger partial charge in [-0.3, -0.25) is 19.1 Å². The number of benzene rings is 1. The molecule has 5 aromatic heterocycles. The van der Waals surface area contributed by atoms with Crippen molar-refractivity contribution in [1.29, 1.82) is 0 Å². The quantitative estimate of drug-likeness (QED) is 0.181. The van der Waals surface area contributed by atoms with Gasteiger partial charge in [-0.15, -0.1) is 0 Å². The van der Waals surface area contributed by atoms with Crippen LogP contribution in [0.2, 0.25) is 0 Å². The zero-order chi connectivity index (χ0) is 43.5. The maximum absolute atomic E-state index is 13.3. The van der Waals surface area contributed by atoms with Gasteiger partial charge in [0.25, 0.3) is 5.91 Å². The molecule has 4 aliphatic heterocycles. The number of amides is 3. The number of aryl methyl sites for hydroxylation is 1. The van der Waals surface area contributed by atoms with E-state index in [0.717, 1.165) is 88.8 Å². The van der Waals surface area contributed by atoms with Gasteiger partial charge in [0, 0.05) is 98.0 Å². The summed E-state index contributed by atoms with van der Waals surface area (Å²) in [5.74, 6) is 0.600. The average molecular weight is 850 g/mol. The molecule has 0 spiro atoms. The first-order valence-corrected chi connectivity index (χ1v) is 21.7. The molecule has 4 unspecified atom stereocenters. The first-order valence-electron chi connectivity index (χ1n) is 21.7. The number of carbonyl (C=O) groups excluding carboxylic acids is 3. The second-order valence-electron chi connectivity index (χ2n) is 17.2. The van der Waals surface area contributed by atoms with Gasteiger partial charge in [0.2, 0.25) is 11.8 Å². The van der Waals surface area contributed by atoms with Crippen LogP contribution >= 0.6 is 0 Å². The number of fused-ring (bicyclic) bond motifs is 2. The third kappa shape index (κ3) is 6.90. The fourth-order valence-electron chi connectivity index (χ4n) is 10.6. The van der Waals surface area contributed by atoms with E-state index in [0.29, 0.717) is 68.6 Å². The van der Waals surface area contributed by atoms with Crippen molar-refractivity contribution in [2.45, 2.75) is 62.6 Å². The largest absolute Gasteiger partial charge is 0.383 e. The number of likely N-dealkylation sites (tertiary alicyclic amines) is 3. The molecule has 10 rings (SSSR count). The van der Waals surface area contributed by atoms with Crippen molar-refractivity contribution in [1.82, 2.24) is 53.6 Å².